The van der Waals surface area contributed by atoms with Gasteiger partial charge >= 0.3 is 0 Å². The van der Waals surface area contributed by atoms with Crippen LogP contribution in [0.1, 0.15) is 36.6 Å². The molecule has 0 aliphatic rings. The predicted octanol–water partition coefficient (Wildman–Crippen LogP) is 3.78. The summed E-state index contributed by atoms with van der Waals surface area (Å²) in [4.78, 5) is 4.59. The monoisotopic (exact) mass is 261 g/mol. The van der Waals surface area contributed by atoms with Crippen LogP contribution >= 0.6 is 11.3 Å². The molecule has 0 aliphatic carbocycles. The van der Waals surface area contributed by atoms with Crippen LogP contribution in [0.2, 0.25) is 0 Å². The van der Waals surface area contributed by atoms with E-state index in [9.17, 15) is 0 Å². The van der Waals surface area contributed by atoms with E-state index in [4.69, 9.17) is 5.11 Å². The Hall–Kier alpha value is -1.19. The molecule has 1 aromatic carbocycles. The van der Waals surface area contributed by atoms with Gasteiger partial charge in [-0.25, -0.2) is 4.98 Å². The third-order valence-corrected chi connectivity index (χ3v) is 4.00. The molecule has 0 spiro atoms. The van der Waals surface area contributed by atoms with Crippen LogP contribution in [0.3, 0.4) is 0 Å². The zero-order valence-electron chi connectivity index (χ0n) is 11.1. The fourth-order valence-electron chi connectivity index (χ4n) is 1.89. The minimum absolute atomic E-state index is 0.161. The van der Waals surface area contributed by atoms with Gasteiger partial charge in [-0.15, -0.1) is 11.3 Å². The van der Waals surface area contributed by atoms with E-state index in [0.717, 1.165) is 10.7 Å². The van der Waals surface area contributed by atoms with E-state index in [2.05, 4.69) is 44.0 Å². The fraction of sp³-hybridized carbons (Fsp3) is 0.400. The molecule has 2 aromatic rings. The first kappa shape index (κ1) is 13.2. The maximum absolute atomic E-state index is 8.94. The van der Waals surface area contributed by atoms with E-state index in [1.807, 2.05) is 5.38 Å². The van der Waals surface area contributed by atoms with Crippen LogP contribution in [0, 0.1) is 6.92 Å². The van der Waals surface area contributed by atoms with Crippen LogP contribution in [-0.2, 0) is 6.42 Å². The lowest BCUT2D eigenvalue weighted by molar-refractivity contribution is 0.298. The quantitative estimate of drug-likeness (QED) is 0.908. The third-order valence-electron chi connectivity index (χ3n) is 3.08. The largest absolute Gasteiger partial charge is 0.396 e. The van der Waals surface area contributed by atoms with Crippen LogP contribution in [-0.4, -0.2) is 16.7 Å². The molecule has 1 heterocycles. The molecule has 1 aromatic heterocycles. The summed E-state index contributed by atoms with van der Waals surface area (Å²) in [6, 6.07) is 6.59. The van der Waals surface area contributed by atoms with Crippen molar-refractivity contribution in [3.63, 3.8) is 0 Å². The Kier molecular flexibility index (Phi) is 4.15. The average Bonchev–Trinajstić information content (AvgIpc) is 2.78. The van der Waals surface area contributed by atoms with Gasteiger partial charge in [-0.2, -0.15) is 0 Å². The number of hydrogen-bond donors (Lipinski definition) is 1. The van der Waals surface area contributed by atoms with E-state index in [1.165, 1.54) is 16.7 Å². The maximum atomic E-state index is 8.94. The Morgan fingerprint density at radius 3 is 2.78 bits per heavy atom. The summed E-state index contributed by atoms with van der Waals surface area (Å²) in [5.74, 6) is 0.529. The standard InChI is InChI=1S/C15H19NOS/c1-10(2)12-5-4-11(3)14(8-12)15-16-13(6-7-17)9-18-15/h4-5,8-10,17H,6-7H2,1-3H3. The van der Waals surface area contributed by atoms with Crippen LogP contribution < -0.4 is 0 Å². The highest BCUT2D eigenvalue weighted by molar-refractivity contribution is 7.13. The Morgan fingerprint density at radius 2 is 2.11 bits per heavy atom. The van der Waals surface area contributed by atoms with Crippen molar-refractivity contribution in [1.29, 1.82) is 0 Å². The zero-order chi connectivity index (χ0) is 13.1. The molecule has 0 saturated carbocycles. The summed E-state index contributed by atoms with van der Waals surface area (Å²) < 4.78 is 0. The number of rotatable bonds is 4. The van der Waals surface area contributed by atoms with Crippen molar-refractivity contribution >= 4 is 11.3 Å². The van der Waals surface area contributed by atoms with Gasteiger partial charge < -0.3 is 5.11 Å². The number of aliphatic hydroxyl groups excluding tert-OH is 1. The molecular formula is C15H19NOS. The number of aromatic nitrogens is 1. The van der Waals surface area contributed by atoms with E-state index < -0.39 is 0 Å². The van der Waals surface area contributed by atoms with Gasteiger partial charge in [0.15, 0.2) is 0 Å². The Labute approximate surface area is 112 Å². The second-order valence-electron chi connectivity index (χ2n) is 4.85. The van der Waals surface area contributed by atoms with Gasteiger partial charge in [0.2, 0.25) is 0 Å². The highest BCUT2D eigenvalue weighted by Gasteiger charge is 2.09. The van der Waals surface area contributed by atoms with Crippen molar-refractivity contribution in [2.45, 2.75) is 33.1 Å². The van der Waals surface area contributed by atoms with Crippen molar-refractivity contribution in [3.8, 4) is 10.6 Å². The molecule has 96 valence electrons. The molecule has 0 radical (unpaired) electrons. The summed E-state index contributed by atoms with van der Waals surface area (Å²) in [5.41, 5.74) is 4.79. The van der Waals surface area contributed by atoms with E-state index in [0.29, 0.717) is 12.3 Å². The van der Waals surface area contributed by atoms with Crippen molar-refractivity contribution in [2.75, 3.05) is 6.61 Å². The number of hydrogen-bond acceptors (Lipinski definition) is 3. The van der Waals surface area contributed by atoms with E-state index >= 15 is 0 Å². The minimum Gasteiger partial charge on any atom is -0.396 e. The van der Waals surface area contributed by atoms with E-state index in [-0.39, 0.29) is 6.61 Å². The Morgan fingerprint density at radius 1 is 1.33 bits per heavy atom. The highest BCUT2D eigenvalue weighted by Crippen LogP contribution is 2.29. The molecule has 0 amide bonds. The predicted molar refractivity (Wildman–Crippen MR) is 77.2 cm³/mol. The molecule has 2 rings (SSSR count). The molecular weight excluding hydrogens is 242 g/mol. The number of aliphatic hydroxyl groups is 1. The van der Waals surface area contributed by atoms with Crippen LogP contribution in [0.25, 0.3) is 10.6 Å². The SMILES string of the molecule is Cc1ccc(C(C)C)cc1-c1nc(CCO)cs1. The smallest absolute Gasteiger partial charge is 0.123 e. The second-order valence-corrected chi connectivity index (χ2v) is 5.70. The van der Waals surface area contributed by atoms with Gasteiger partial charge in [-0.1, -0.05) is 26.0 Å². The summed E-state index contributed by atoms with van der Waals surface area (Å²) in [5, 5.41) is 12.0. The summed E-state index contributed by atoms with van der Waals surface area (Å²) in [6.45, 7) is 6.68. The maximum Gasteiger partial charge on any atom is 0.123 e. The van der Waals surface area contributed by atoms with E-state index in [1.54, 1.807) is 11.3 Å². The molecule has 0 fully saturated rings. The summed E-state index contributed by atoms with van der Waals surface area (Å²) >= 11 is 1.65. The van der Waals surface area contributed by atoms with Crippen molar-refractivity contribution in [3.05, 3.63) is 40.4 Å². The molecule has 3 heteroatoms. The second kappa shape index (κ2) is 5.63. The lowest BCUT2D eigenvalue weighted by Crippen LogP contribution is -1.92. The summed E-state index contributed by atoms with van der Waals surface area (Å²) in [6.07, 6.45) is 0.638. The normalized spacial score (nSPS) is 11.2. The average molecular weight is 261 g/mol. The van der Waals surface area contributed by atoms with Gasteiger partial charge in [0.1, 0.15) is 5.01 Å². The first-order valence-corrected chi connectivity index (χ1v) is 7.16. The van der Waals surface area contributed by atoms with Gasteiger partial charge in [0.05, 0.1) is 5.69 Å². The molecule has 0 bridgehead atoms. The highest BCUT2D eigenvalue weighted by atomic mass is 32.1. The molecule has 0 unspecified atom stereocenters. The first-order valence-electron chi connectivity index (χ1n) is 6.28. The van der Waals surface area contributed by atoms with Crippen LogP contribution in [0.5, 0.6) is 0 Å². The molecule has 18 heavy (non-hydrogen) atoms. The molecule has 0 atom stereocenters. The molecule has 0 saturated heterocycles. The molecule has 0 aliphatic heterocycles. The zero-order valence-corrected chi connectivity index (χ0v) is 11.9. The first-order chi connectivity index (χ1) is 8.61. The van der Waals surface area contributed by atoms with Crippen LogP contribution in [0.4, 0.5) is 0 Å². The summed E-state index contributed by atoms with van der Waals surface area (Å²) in [7, 11) is 0. The number of benzene rings is 1. The van der Waals surface area contributed by atoms with Crippen LogP contribution in [0.15, 0.2) is 23.6 Å². The number of thiazole rings is 1. The fourth-order valence-corrected chi connectivity index (χ4v) is 2.82. The van der Waals surface area contributed by atoms with Gasteiger partial charge in [0.25, 0.3) is 0 Å². The Balaban J connectivity index is 2.38. The van der Waals surface area contributed by atoms with Crippen molar-refractivity contribution < 1.29 is 5.11 Å². The molecule has 1 N–H and O–H groups in total. The van der Waals surface area contributed by atoms with Gasteiger partial charge in [-0.05, 0) is 30.0 Å². The number of nitrogens with zero attached hydrogens (tertiary/aromatic N) is 1. The van der Waals surface area contributed by atoms with Gasteiger partial charge in [-0.3, -0.25) is 0 Å². The van der Waals surface area contributed by atoms with Crippen molar-refractivity contribution in [1.82, 2.24) is 4.98 Å². The lowest BCUT2D eigenvalue weighted by atomic mass is 9.98. The minimum atomic E-state index is 0.161. The lowest BCUT2D eigenvalue weighted by Gasteiger charge is -2.09. The molecule has 2 nitrogen and oxygen atoms in total. The third kappa shape index (κ3) is 2.79. The number of aryl methyl sites for hydroxylation is 1. The topological polar surface area (TPSA) is 33.1 Å². The van der Waals surface area contributed by atoms with Crippen molar-refractivity contribution in [2.24, 2.45) is 0 Å². The van der Waals surface area contributed by atoms with Gasteiger partial charge in [0, 0.05) is 24.0 Å². The Bertz CT molecular complexity index is 531.